The Morgan fingerprint density at radius 1 is 1.42 bits per heavy atom. The summed E-state index contributed by atoms with van der Waals surface area (Å²) in [6, 6.07) is 6.59. The summed E-state index contributed by atoms with van der Waals surface area (Å²) in [6.45, 7) is 4.12. The van der Waals surface area contributed by atoms with Crippen molar-refractivity contribution in [2.75, 3.05) is 32.0 Å². The number of benzene rings is 1. The van der Waals surface area contributed by atoms with Crippen LogP contribution >= 0.6 is 0 Å². The van der Waals surface area contributed by atoms with Crippen LogP contribution in [-0.4, -0.2) is 39.0 Å². The van der Waals surface area contributed by atoms with Crippen LogP contribution in [-0.2, 0) is 14.8 Å². The molecule has 1 heterocycles. The van der Waals surface area contributed by atoms with E-state index in [-0.39, 0.29) is 10.8 Å². The van der Waals surface area contributed by atoms with E-state index < -0.39 is 10.0 Å². The van der Waals surface area contributed by atoms with Crippen LogP contribution in [0.4, 0.5) is 5.69 Å². The Hall–Kier alpha value is -1.11. The zero-order valence-electron chi connectivity index (χ0n) is 11.1. The first kappa shape index (κ1) is 14.3. The molecule has 19 heavy (non-hydrogen) atoms. The predicted molar refractivity (Wildman–Crippen MR) is 74.2 cm³/mol. The van der Waals surface area contributed by atoms with Gasteiger partial charge in [-0.15, -0.1) is 0 Å². The quantitative estimate of drug-likeness (QED) is 0.828. The minimum absolute atomic E-state index is 0.191. The Morgan fingerprint density at radius 2 is 2.16 bits per heavy atom. The van der Waals surface area contributed by atoms with Crippen LogP contribution in [0, 0.1) is 5.92 Å². The molecule has 1 aliphatic heterocycles. The molecule has 1 fully saturated rings. The fourth-order valence-corrected chi connectivity index (χ4v) is 3.91. The van der Waals surface area contributed by atoms with E-state index >= 15 is 0 Å². The fourth-order valence-electron chi connectivity index (χ4n) is 2.27. The molecule has 0 radical (unpaired) electrons. The maximum atomic E-state index is 12.6. The minimum Gasteiger partial charge on any atom is -0.398 e. The smallest absolute Gasteiger partial charge is 0.245 e. The Kier molecular flexibility index (Phi) is 4.44. The molecule has 1 saturated heterocycles. The summed E-state index contributed by atoms with van der Waals surface area (Å²) in [4.78, 5) is 0.191. The molecule has 1 aliphatic rings. The van der Waals surface area contributed by atoms with Gasteiger partial charge in [-0.3, -0.25) is 0 Å². The van der Waals surface area contributed by atoms with Gasteiger partial charge in [0.1, 0.15) is 4.90 Å². The second-order valence-electron chi connectivity index (χ2n) is 4.72. The van der Waals surface area contributed by atoms with E-state index in [2.05, 4.69) is 0 Å². The van der Waals surface area contributed by atoms with Crippen molar-refractivity contribution < 1.29 is 13.2 Å². The van der Waals surface area contributed by atoms with Crippen LogP contribution < -0.4 is 5.73 Å². The van der Waals surface area contributed by atoms with Gasteiger partial charge in [0.15, 0.2) is 0 Å². The van der Waals surface area contributed by atoms with E-state index in [9.17, 15) is 8.42 Å². The largest absolute Gasteiger partial charge is 0.398 e. The Balaban J connectivity index is 2.23. The van der Waals surface area contributed by atoms with Gasteiger partial charge in [-0.05, 0) is 24.5 Å². The molecule has 1 atom stereocenters. The van der Waals surface area contributed by atoms with Crippen molar-refractivity contribution in [3.05, 3.63) is 24.3 Å². The average Bonchev–Trinajstić information content (AvgIpc) is 2.89. The van der Waals surface area contributed by atoms with Crippen LogP contribution in [0.15, 0.2) is 29.2 Å². The number of nitrogens with zero attached hydrogens (tertiary/aromatic N) is 1. The third-order valence-electron chi connectivity index (χ3n) is 3.38. The minimum atomic E-state index is -3.52. The van der Waals surface area contributed by atoms with Crippen molar-refractivity contribution in [1.29, 1.82) is 0 Å². The first-order valence-electron chi connectivity index (χ1n) is 6.48. The Labute approximate surface area is 114 Å². The maximum absolute atomic E-state index is 12.6. The highest BCUT2D eigenvalue weighted by molar-refractivity contribution is 7.89. The predicted octanol–water partition coefficient (Wildman–Crippen LogP) is 1.32. The second kappa shape index (κ2) is 5.90. The molecule has 0 spiro atoms. The van der Waals surface area contributed by atoms with Gasteiger partial charge < -0.3 is 10.5 Å². The van der Waals surface area contributed by atoms with E-state index in [1.807, 2.05) is 6.92 Å². The van der Waals surface area contributed by atoms with E-state index in [0.717, 1.165) is 13.0 Å². The highest BCUT2D eigenvalue weighted by Crippen LogP contribution is 2.24. The van der Waals surface area contributed by atoms with Crippen LogP contribution in [0.3, 0.4) is 0 Å². The van der Waals surface area contributed by atoms with E-state index in [1.54, 1.807) is 24.3 Å². The summed E-state index contributed by atoms with van der Waals surface area (Å²) in [6.07, 6.45) is 0.913. The zero-order valence-corrected chi connectivity index (χ0v) is 11.9. The summed E-state index contributed by atoms with van der Waals surface area (Å²) in [5, 5.41) is 0. The van der Waals surface area contributed by atoms with Crippen molar-refractivity contribution in [3.8, 4) is 0 Å². The lowest BCUT2D eigenvalue weighted by Gasteiger charge is -2.23. The van der Waals surface area contributed by atoms with Gasteiger partial charge >= 0.3 is 0 Å². The molecule has 1 aromatic rings. The number of anilines is 1. The number of para-hydroxylation sites is 1. The van der Waals surface area contributed by atoms with Crippen LogP contribution in [0.2, 0.25) is 0 Å². The normalized spacial score (nSPS) is 20.0. The van der Waals surface area contributed by atoms with Gasteiger partial charge in [0.2, 0.25) is 10.0 Å². The second-order valence-corrected chi connectivity index (χ2v) is 6.63. The molecule has 1 unspecified atom stereocenters. The number of nitrogen functional groups attached to an aromatic ring is 1. The number of nitrogens with two attached hydrogens (primary N) is 1. The van der Waals surface area contributed by atoms with Crippen molar-refractivity contribution in [2.45, 2.75) is 18.2 Å². The van der Waals surface area contributed by atoms with Crippen molar-refractivity contribution in [1.82, 2.24) is 4.31 Å². The molecule has 0 aromatic heterocycles. The Morgan fingerprint density at radius 3 is 2.74 bits per heavy atom. The number of hydrogen-bond donors (Lipinski definition) is 1. The third-order valence-corrected chi connectivity index (χ3v) is 5.39. The van der Waals surface area contributed by atoms with Crippen LogP contribution in [0.5, 0.6) is 0 Å². The van der Waals surface area contributed by atoms with Gasteiger partial charge in [0.05, 0.1) is 12.3 Å². The monoisotopic (exact) mass is 284 g/mol. The molecular formula is C13H20N2O3S. The molecule has 5 nitrogen and oxygen atoms in total. The molecule has 106 valence electrons. The van der Waals surface area contributed by atoms with Crippen molar-refractivity contribution in [2.24, 2.45) is 5.92 Å². The lowest BCUT2D eigenvalue weighted by Crippen LogP contribution is -2.35. The van der Waals surface area contributed by atoms with Crippen molar-refractivity contribution >= 4 is 15.7 Å². The summed E-state index contributed by atoms with van der Waals surface area (Å²) < 4.78 is 31.9. The molecular weight excluding hydrogens is 264 g/mol. The molecule has 0 bridgehead atoms. The number of ether oxygens (including phenoxy) is 1. The molecule has 6 heteroatoms. The van der Waals surface area contributed by atoms with Crippen LogP contribution in [0.1, 0.15) is 13.3 Å². The molecule has 2 N–H and O–H groups in total. The van der Waals surface area contributed by atoms with E-state index in [4.69, 9.17) is 10.5 Å². The van der Waals surface area contributed by atoms with E-state index in [0.29, 0.717) is 25.4 Å². The molecule has 2 rings (SSSR count). The van der Waals surface area contributed by atoms with Crippen molar-refractivity contribution in [3.63, 3.8) is 0 Å². The highest BCUT2D eigenvalue weighted by Gasteiger charge is 2.28. The topological polar surface area (TPSA) is 72.6 Å². The first-order valence-corrected chi connectivity index (χ1v) is 7.92. The van der Waals surface area contributed by atoms with Gasteiger partial charge in [0.25, 0.3) is 0 Å². The summed E-state index contributed by atoms with van der Waals surface area (Å²) >= 11 is 0. The lowest BCUT2D eigenvalue weighted by molar-refractivity contribution is 0.181. The number of hydrogen-bond acceptors (Lipinski definition) is 4. The SMILES string of the molecule is CCN(CC1CCOC1)S(=O)(=O)c1ccccc1N. The number of sulfonamides is 1. The average molecular weight is 284 g/mol. The highest BCUT2D eigenvalue weighted by atomic mass is 32.2. The number of rotatable bonds is 5. The standard InChI is InChI=1S/C13H20N2O3S/c1-2-15(9-11-7-8-18-10-11)19(16,17)13-6-4-3-5-12(13)14/h3-6,11H,2,7-10,14H2,1H3. The summed E-state index contributed by atoms with van der Waals surface area (Å²) in [5.74, 6) is 0.277. The zero-order chi connectivity index (χ0) is 13.9. The van der Waals surface area contributed by atoms with E-state index in [1.165, 1.54) is 4.31 Å². The summed E-state index contributed by atoms with van der Waals surface area (Å²) in [5.41, 5.74) is 6.07. The van der Waals surface area contributed by atoms with Gasteiger partial charge in [-0.1, -0.05) is 19.1 Å². The summed E-state index contributed by atoms with van der Waals surface area (Å²) in [7, 11) is -3.52. The molecule has 0 saturated carbocycles. The van der Waals surface area contributed by atoms with Crippen LogP contribution in [0.25, 0.3) is 0 Å². The molecule has 0 aliphatic carbocycles. The lowest BCUT2D eigenvalue weighted by atomic mass is 10.1. The first-order chi connectivity index (χ1) is 9.05. The Bertz CT molecular complexity index is 524. The molecule has 0 amide bonds. The van der Waals surface area contributed by atoms with Gasteiger partial charge in [0, 0.05) is 19.7 Å². The van der Waals surface area contributed by atoms with Gasteiger partial charge in [-0.2, -0.15) is 4.31 Å². The maximum Gasteiger partial charge on any atom is 0.245 e. The van der Waals surface area contributed by atoms with Gasteiger partial charge in [-0.25, -0.2) is 8.42 Å². The fraction of sp³-hybridized carbons (Fsp3) is 0.538. The molecule has 1 aromatic carbocycles. The third kappa shape index (κ3) is 3.08.